The Labute approximate surface area is 128 Å². The zero-order valence-corrected chi connectivity index (χ0v) is 11.9. The van der Waals surface area contributed by atoms with Crippen molar-refractivity contribution in [1.29, 1.82) is 0 Å². The van der Waals surface area contributed by atoms with E-state index in [4.69, 9.17) is 0 Å². The molecule has 0 saturated carbocycles. The van der Waals surface area contributed by atoms with E-state index in [2.05, 4.69) is 0 Å². The largest absolute Gasteiger partial charge is 0.471 e. The second kappa shape index (κ2) is 6.38. The minimum Gasteiger partial charge on any atom is -0.332 e. The number of carbonyl (C=O) groups is 1. The number of rotatable bonds is 2. The topological polar surface area (TPSA) is 23.6 Å². The van der Waals surface area contributed by atoms with Gasteiger partial charge in [-0.1, -0.05) is 18.2 Å². The van der Waals surface area contributed by atoms with Gasteiger partial charge < -0.3 is 4.90 Å². The molecule has 1 aliphatic heterocycles. The van der Waals surface area contributed by atoms with Crippen LogP contribution in [0.3, 0.4) is 0 Å². The molecule has 0 aliphatic carbocycles. The molecule has 2 rings (SSSR count). The standard InChI is InChI=1S/C14H14F6N2O/c15-13(16,17)11-3-1-2-10(8-11)9-21-4-6-22(7-5-21)12(23)14(18,19)20/h1-3,8H,4-7,9H2. The molecule has 0 aromatic heterocycles. The summed E-state index contributed by atoms with van der Waals surface area (Å²) >= 11 is 0. The van der Waals surface area contributed by atoms with Gasteiger partial charge in [-0.05, 0) is 11.6 Å². The molecule has 0 spiro atoms. The Morgan fingerprint density at radius 3 is 2.13 bits per heavy atom. The van der Waals surface area contributed by atoms with E-state index < -0.39 is 23.8 Å². The number of carbonyl (C=O) groups excluding carboxylic acids is 1. The van der Waals surface area contributed by atoms with E-state index in [0.717, 1.165) is 12.1 Å². The van der Waals surface area contributed by atoms with Gasteiger partial charge in [0.25, 0.3) is 0 Å². The van der Waals surface area contributed by atoms with E-state index in [-0.39, 0.29) is 32.7 Å². The molecule has 0 unspecified atom stereocenters. The first-order valence-corrected chi connectivity index (χ1v) is 6.82. The van der Waals surface area contributed by atoms with Crippen LogP contribution in [-0.2, 0) is 17.5 Å². The lowest BCUT2D eigenvalue weighted by molar-refractivity contribution is -0.187. The number of halogens is 6. The van der Waals surface area contributed by atoms with E-state index >= 15 is 0 Å². The summed E-state index contributed by atoms with van der Waals surface area (Å²) in [5, 5.41) is 0. The summed E-state index contributed by atoms with van der Waals surface area (Å²) in [6, 6.07) is 4.81. The van der Waals surface area contributed by atoms with Gasteiger partial charge in [0.05, 0.1) is 5.56 Å². The predicted octanol–water partition coefficient (Wildman–Crippen LogP) is 2.91. The monoisotopic (exact) mass is 340 g/mol. The van der Waals surface area contributed by atoms with Crippen molar-refractivity contribution in [2.75, 3.05) is 26.2 Å². The van der Waals surface area contributed by atoms with Gasteiger partial charge in [-0.3, -0.25) is 9.69 Å². The van der Waals surface area contributed by atoms with Crippen molar-refractivity contribution >= 4 is 5.91 Å². The molecule has 9 heteroatoms. The average Bonchev–Trinajstić information content (AvgIpc) is 2.46. The lowest BCUT2D eigenvalue weighted by atomic mass is 10.1. The number of hydrogen-bond acceptors (Lipinski definition) is 2. The normalized spacial score (nSPS) is 17.4. The highest BCUT2D eigenvalue weighted by atomic mass is 19.4. The fourth-order valence-corrected chi connectivity index (χ4v) is 2.39. The third kappa shape index (κ3) is 4.60. The number of piperazine rings is 1. The Kier molecular flexibility index (Phi) is 4.88. The molecule has 1 amide bonds. The molecule has 0 radical (unpaired) electrons. The van der Waals surface area contributed by atoms with Gasteiger partial charge in [0.1, 0.15) is 0 Å². The summed E-state index contributed by atoms with van der Waals surface area (Å²) in [6.45, 7) is 0.350. The van der Waals surface area contributed by atoms with Gasteiger partial charge in [-0.2, -0.15) is 26.3 Å². The zero-order valence-electron chi connectivity index (χ0n) is 11.9. The minimum atomic E-state index is -4.90. The third-order valence-electron chi connectivity index (χ3n) is 3.56. The zero-order chi connectivity index (χ0) is 17.3. The van der Waals surface area contributed by atoms with Crippen LogP contribution in [-0.4, -0.2) is 48.1 Å². The van der Waals surface area contributed by atoms with Crippen LogP contribution < -0.4 is 0 Å². The molecule has 23 heavy (non-hydrogen) atoms. The summed E-state index contributed by atoms with van der Waals surface area (Å²) in [5.74, 6) is -1.88. The lowest BCUT2D eigenvalue weighted by Gasteiger charge is -2.35. The van der Waals surface area contributed by atoms with Crippen molar-refractivity contribution in [2.45, 2.75) is 18.9 Å². The molecule has 3 nitrogen and oxygen atoms in total. The molecule has 0 atom stereocenters. The maximum absolute atomic E-state index is 12.6. The highest BCUT2D eigenvalue weighted by Crippen LogP contribution is 2.29. The molecule has 1 aliphatic rings. The van der Waals surface area contributed by atoms with Crippen LogP contribution in [0.5, 0.6) is 0 Å². The van der Waals surface area contributed by atoms with Crippen molar-refractivity contribution in [2.24, 2.45) is 0 Å². The summed E-state index contributed by atoms with van der Waals surface area (Å²) in [4.78, 5) is 13.5. The highest BCUT2D eigenvalue weighted by molar-refractivity contribution is 5.81. The van der Waals surface area contributed by atoms with Crippen LogP contribution in [0.2, 0.25) is 0 Å². The minimum absolute atomic E-state index is 0.0999. The van der Waals surface area contributed by atoms with Gasteiger partial charge >= 0.3 is 18.3 Å². The number of alkyl halides is 6. The Morgan fingerprint density at radius 2 is 1.61 bits per heavy atom. The van der Waals surface area contributed by atoms with E-state index in [9.17, 15) is 31.1 Å². The molecule has 1 aromatic rings. The second-order valence-electron chi connectivity index (χ2n) is 5.26. The highest BCUT2D eigenvalue weighted by Gasteiger charge is 2.43. The van der Waals surface area contributed by atoms with Gasteiger partial charge in [-0.25, -0.2) is 0 Å². The summed E-state index contributed by atoms with van der Waals surface area (Å²) in [6.07, 6.45) is -9.34. The predicted molar refractivity (Wildman–Crippen MR) is 69.4 cm³/mol. The molecule has 0 N–H and O–H groups in total. The summed E-state index contributed by atoms with van der Waals surface area (Å²) < 4.78 is 74.9. The first-order chi connectivity index (χ1) is 10.6. The van der Waals surface area contributed by atoms with Crippen LogP contribution in [0.1, 0.15) is 11.1 Å². The first-order valence-electron chi connectivity index (χ1n) is 6.82. The van der Waals surface area contributed by atoms with E-state index in [1.165, 1.54) is 12.1 Å². The molecular formula is C14H14F6N2O. The fourth-order valence-electron chi connectivity index (χ4n) is 2.39. The Balaban J connectivity index is 1.94. The number of nitrogens with zero attached hydrogens (tertiary/aromatic N) is 2. The van der Waals surface area contributed by atoms with Gasteiger partial charge in [-0.15, -0.1) is 0 Å². The summed E-state index contributed by atoms with van der Waals surface area (Å²) in [7, 11) is 0. The van der Waals surface area contributed by atoms with Gasteiger partial charge in [0.15, 0.2) is 0 Å². The van der Waals surface area contributed by atoms with Crippen molar-refractivity contribution in [3.05, 3.63) is 35.4 Å². The van der Waals surface area contributed by atoms with Crippen molar-refractivity contribution in [3.63, 3.8) is 0 Å². The third-order valence-corrected chi connectivity index (χ3v) is 3.56. The van der Waals surface area contributed by atoms with Crippen LogP contribution in [0, 0.1) is 0 Å². The Bertz CT molecular complexity index is 561. The van der Waals surface area contributed by atoms with E-state index in [1.807, 2.05) is 0 Å². The number of amides is 1. The molecule has 1 heterocycles. The van der Waals surface area contributed by atoms with E-state index in [0.29, 0.717) is 10.5 Å². The van der Waals surface area contributed by atoms with Gasteiger partial charge in [0, 0.05) is 32.7 Å². The fraction of sp³-hybridized carbons (Fsp3) is 0.500. The molecule has 1 aromatic carbocycles. The summed E-state index contributed by atoms with van der Waals surface area (Å²) in [5.41, 5.74) is -0.337. The van der Waals surface area contributed by atoms with Crippen molar-refractivity contribution in [3.8, 4) is 0 Å². The Morgan fingerprint density at radius 1 is 1.00 bits per heavy atom. The van der Waals surface area contributed by atoms with Gasteiger partial charge in [0.2, 0.25) is 0 Å². The molecule has 0 bridgehead atoms. The van der Waals surface area contributed by atoms with Crippen molar-refractivity contribution in [1.82, 2.24) is 9.80 Å². The number of benzene rings is 1. The first kappa shape index (κ1) is 17.6. The maximum atomic E-state index is 12.6. The smallest absolute Gasteiger partial charge is 0.332 e. The van der Waals surface area contributed by atoms with Crippen LogP contribution in [0.25, 0.3) is 0 Å². The lowest BCUT2D eigenvalue weighted by Crippen LogP contribution is -2.52. The van der Waals surface area contributed by atoms with Crippen LogP contribution in [0.4, 0.5) is 26.3 Å². The second-order valence-corrected chi connectivity index (χ2v) is 5.26. The molecule has 1 fully saturated rings. The SMILES string of the molecule is O=C(N1CCN(Cc2cccc(C(F)(F)F)c2)CC1)C(F)(F)F. The van der Waals surface area contributed by atoms with Crippen LogP contribution >= 0.6 is 0 Å². The van der Waals surface area contributed by atoms with Crippen LogP contribution in [0.15, 0.2) is 24.3 Å². The molecule has 1 saturated heterocycles. The number of hydrogen-bond donors (Lipinski definition) is 0. The van der Waals surface area contributed by atoms with E-state index in [1.54, 1.807) is 4.90 Å². The Hall–Kier alpha value is -1.77. The molecule has 128 valence electrons. The molecular weight excluding hydrogens is 326 g/mol. The maximum Gasteiger partial charge on any atom is 0.471 e. The average molecular weight is 340 g/mol. The van der Waals surface area contributed by atoms with Crippen molar-refractivity contribution < 1.29 is 31.1 Å². The quantitative estimate of drug-likeness (QED) is 0.773.